The summed E-state index contributed by atoms with van der Waals surface area (Å²) in [5, 5.41) is 12.5. The Labute approximate surface area is 126 Å². The highest BCUT2D eigenvalue weighted by Gasteiger charge is 2.28. The maximum atomic E-state index is 12.3. The molecule has 2 rings (SSSR count). The number of nitrogens with two attached hydrogens (primary N) is 1. The Kier molecular flexibility index (Phi) is 5.20. The van der Waals surface area contributed by atoms with Crippen molar-refractivity contribution in [2.45, 2.75) is 38.8 Å². The first-order valence-corrected chi connectivity index (χ1v) is 7.56. The molecule has 5 heteroatoms. The summed E-state index contributed by atoms with van der Waals surface area (Å²) in [6.45, 7) is 5.48. The van der Waals surface area contributed by atoms with E-state index in [1.54, 1.807) is 24.3 Å². The highest BCUT2D eigenvalue weighted by molar-refractivity contribution is 5.94. The Bertz CT molecular complexity index is 465. The van der Waals surface area contributed by atoms with Crippen LogP contribution < -0.4 is 11.1 Å². The zero-order chi connectivity index (χ0) is 15.4. The fourth-order valence-electron chi connectivity index (χ4n) is 2.77. The highest BCUT2D eigenvalue weighted by atomic mass is 16.3. The third-order valence-electron chi connectivity index (χ3n) is 4.36. The maximum Gasteiger partial charge on any atom is 0.241 e. The number of rotatable bonds is 4. The van der Waals surface area contributed by atoms with Crippen LogP contribution in [0.1, 0.15) is 26.7 Å². The minimum absolute atomic E-state index is 0.00438. The van der Waals surface area contributed by atoms with Crippen LogP contribution in [-0.4, -0.2) is 41.1 Å². The lowest BCUT2D eigenvalue weighted by molar-refractivity contribution is -0.121. The molecule has 0 saturated carbocycles. The van der Waals surface area contributed by atoms with Crippen molar-refractivity contribution in [2.75, 3.05) is 24.1 Å². The summed E-state index contributed by atoms with van der Waals surface area (Å²) in [6, 6.07) is 6.99. The average Bonchev–Trinajstić information content (AvgIpc) is 2.49. The second-order valence-corrected chi connectivity index (χ2v) is 5.90. The van der Waals surface area contributed by atoms with Gasteiger partial charge < -0.3 is 16.2 Å². The molecular weight excluding hydrogens is 266 g/mol. The normalized spacial score (nSPS) is 20.0. The van der Waals surface area contributed by atoms with Gasteiger partial charge in [-0.05, 0) is 70.0 Å². The first-order valence-electron chi connectivity index (χ1n) is 7.56. The van der Waals surface area contributed by atoms with Gasteiger partial charge >= 0.3 is 0 Å². The molecule has 1 aromatic carbocycles. The van der Waals surface area contributed by atoms with Crippen molar-refractivity contribution in [1.82, 2.24) is 4.90 Å². The van der Waals surface area contributed by atoms with Crippen LogP contribution in [0, 0.1) is 5.92 Å². The summed E-state index contributed by atoms with van der Waals surface area (Å²) >= 11 is 0. The van der Waals surface area contributed by atoms with Gasteiger partial charge in [0.15, 0.2) is 0 Å². The molecule has 1 heterocycles. The smallest absolute Gasteiger partial charge is 0.241 e. The molecule has 2 atom stereocenters. The number of anilines is 2. The van der Waals surface area contributed by atoms with Crippen molar-refractivity contribution in [2.24, 2.45) is 5.92 Å². The lowest BCUT2D eigenvalue weighted by atomic mass is 9.91. The highest BCUT2D eigenvalue weighted by Crippen LogP contribution is 2.22. The molecule has 5 nitrogen and oxygen atoms in total. The number of carbonyl (C=O) groups is 1. The number of benzene rings is 1. The Morgan fingerprint density at radius 1 is 1.29 bits per heavy atom. The summed E-state index contributed by atoms with van der Waals surface area (Å²) in [6.07, 6.45) is 1.62. The van der Waals surface area contributed by atoms with Crippen LogP contribution in [0.15, 0.2) is 24.3 Å². The van der Waals surface area contributed by atoms with Crippen molar-refractivity contribution >= 4 is 17.3 Å². The standard InChI is InChI=1S/C16H25N3O2/c1-11(19-9-7-13(8-10-19)12(2)20)16(21)18-15-5-3-14(17)4-6-15/h3-6,11-13,20H,7-10,17H2,1-2H3,(H,18,21). The molecule has 0 aliphatic carbocycles. The first-order chi connectivity index (χ1) is 9.97. The van der Waals surface area contributed by atoms with Crippen LogP contribution in [-0.2, 0) is 4.79 Å². The molecule has 1 fully saturated rings. The van der Waals surface area contributed by atoms with E-state index in [1.807, 2.05) is 13.8 Å². The summed E-state index contributed by atoms with van der Waals surface area (Å²) in [5.74, 6) is 0.351. The van der Waals surface area contributed by atoms with E-state index < -0.39 is 0 Å². The minimum atomic E-state index is -0.258. The summed E-state index contributed by atoms with van der Waals surface area (Å²) in [7, 11) is 0. The second-order valence-electron chi connectivity index (χ2n) is 5.90. The van der Waals surface area contributed by atoms with Gasteiger partial charge in [0.25, 0.3) is 0 Å². The summed E-state index contributed by atoms with van der Waals surface area (Å²) < 4.78 is 0. The fraction of sp³-hybridized carbons (Fsp3) is 0.562. The average molecular weight is 291 g/mol. The molecule has 1 aliphatic heterocycles. The van der Waals surface area contributed by atoms with Crippen molar-refractivity contribution in [1.29, 1.82) is 0 Å². The molecule has 1 aromatic rings. The van der Waals surface area contributed by atoms with Crippen molar-refractivity contribution in [3.05, 3.63) is 24.3 Å². The molecule has 0 radical (unpaired) electrons. The molecule has 0 spiro atoms. The lowest BCUT2D eigenvalue weighted by Crippen LogP contribution is -2.47. The number of piperidine rings is 1. The number of amides is 1. The predicted octanol–water partition coefficient (Wildman–Crippen LogP) is 1.69. The summed E-state index contributed by atoms with van der Waals surface area (Å²) in [5.41, 5.74) is 7.08. The molecule has 0 aromatic heterocycles. The Hall–Kier alpha value is -1.59. The molecule has 116 valence electrons. The van der Waals surface area contributed by atoms with Crippen molar-refractivity contribution < 1.29 is 9.90 Å². The van der Waals surface area contributed by atoms with E-state index in [2.05, 4.69) is 10.2 Å². The number of aliphatic hydroxyl groups is 1. The quantitative estimate of drug-likeness (QED) is 0.738. The van der Waals surface area contributed by atoms with Gasteiger partial charge in [0, 0.05) is 11.4 Å². The molecule has 0 bridgehead atoms. The van der Waals surface area contributed by atoms with Gasteiger partial charge in [0.2, 0.25) is 5.91 Å². The van der Waals surface area contributed by atoms with Gasteiger partial charge in [-0.25, -0.2) is 0 Å². The zero-order valence-electron chi connectivity index (χ0n) is 12.7. The Morgan fingerprint density at radius 2 is 1.86 bits per heavy atom. The lowest BCUT2D eigenvalue weighted by Gasteiger charge is -2.36. The van der Waals surface area contributed by atoms with E-state index in [9.17, 15) is 9.90 Å². The number of hydrogen-bond donors (Lipinski definition) is 3. The summed E-state index contributed by atoms with van der Waals surface area (Å²) in [4.78, 5) is 14.5. The van der Waals surface area contributed by atoms with Crippen LogP contribution >= 0.6 is 0 Å². The molecule has 21 heavy (non-hydrogen) atoms. The minimum Gasteiger partial charge on any atom is -0.399 e. The Morgan fingerprint density at radius 3 is 2.38 bits per heavy atom. The van der Waals surface area contributed by atoms with Gasteiger partial charge in [-0.1, -0.05) is 0 Å². The van der Waals surface area contributed by atoms with Gasteiger partial charge in [0.1, 0.15) is 0 Å². The molecular formula is C16H25N3O2. The van der Waals surface area contributed by atoms with Gasteiger partial charge in [-0.3, -0.25) is 9.69 Å². The van der Waals surface area contributed by atoms with E-state index in [1.165, 1.54) is 0 Å². The Balaban J connectivity index is 1.87. The number of hydrogen-bond acceptors (Lipinski definition) is 4. The van der Waals surface area contributed by atoms with Crippen LogP contribution in [0.5, 0.6) is 0 Å². The van der Waals surface area contributed by atoms with E-state index in [0.717, 1.165) is 31.6 Å². The molecule has 1 saturated heterocycles. The topological polar surface area (TPSA) is 78.6 Å². The number of nitrogens with zero attached hydrogens (tertiary/aromatic N) is 1. The third-order valence-corrected chi connectivity index (χ3v) is 4.36. The monoisotopic (exact) mass is 291 g/mol. The van der Waals surface area contributed by atoms with Crippen LogP contribution in [0.2, 0.25) is 0 Å². The van der Waals surface area contributed by atoms with Crippen LogP contribution in [0.25, 0.3) is 0 Å². The SMILES string of the molecule is CC(O)C1CCN(C(C)C(=O)Nc2ccc(N)cc2)CC1. The number of nitrogens with one attached hydrogen (secondary N) is 1. The van der Waals surface area contributed by atoms with E-state index in [4.69, 9.17) is 5.73 Å². The van der Waals surface area contributed by atoms with E-state index >= 15 is 0 Å². The third kappa shape index (κ3) is 4.19. The van der Waals surface area contributed by atoms with Crippen molar-refractivity contribution in [3.63, 3.8) is 0 Å². The van der Waals surface area contributed by atoms with E-state index in [0.29, 0.717) is 11.6 Å². The molecule has 2 unspecified atom stereocenters. The predicted molar refractivity (Wildman–Crippen MR) is 84.9 cm³/mol. The van der Waals surface area contributed by atoms with Gasteiger partial charge in [0.05, 0.1) is 12.1 Å². The van der Waals surface area contributed by atoms with Crippen LogP contribution in [0.3, 0.4) is 0 Å². The first kappa shape index (κ1) is 15.8. The number of aliphatic hydroxyl groups excluding tert-OH is 1. The molecule has 1 aliphatic rings. The van der Waals surface area contributed by atoms with E-state index in [-0.39, 0.29) is 18.1 Å². The zero-order valence-corrected chi connectivity index (χ0v) is 12.7. The maximum absolute atomic E-state index is 12.3. The van der Waals surface area contributed by atoms with Gasteiger partial charge in [-0.15, -0.1) is 0 Å². The fourth-order valence-corrected chi connectivity index (χ4v) is 2.77. The van der Waals surface area contributed by atoms with Crippen LogP contribution in [0.4, 0.5) is 11.4 Å². The molecule has 1 amide bonds. The molecule has 4 N–H and O–H groups in total. The number of nitrogen functional groups attached to an aromatic ring is 1. The van der Waals surface area contributed by atoms with Crippen molar-refractivity contribution in [3.8, 4) is 0 Å². The largest absolute Gasteiger partial charge is 0.399 e. The number of carbonyl (C=O) groups excluding carboxylic acids is 1. The second kappa shape index (κ2) is 6.91. The number of likely N-dealkylation sites (tertiary alicyclic amines) is 1. The van der Waals surface area contributed by atoms with Gasteiger partial charge in [-0.2, -0.15) is 0 Å².